The van der Waals surface area contributed by atoms with Gasteiger partial charge in [-0.15, -0.1) is 0 Å². The number of alkyl halides is 1. The number of nitrogens with one attached hydrogen (secondary N) is 1. The maximum atomic E-state index is 12.7. The van der Waals surface area contributed by atoms with Gasteiger partial charge in [0.05, 0.1) is 18.6 Å². The van der Waals surface area contributed by atoms with Crippen LogP contribution in [0.2, 0.25) is 0 Å². The zero-order valence-corrected chi connectivity index (χ0v) is 13.9. The largest absolute Gasteiger partial charge is 0.311 e. The Bertz CT molecular complexity index is 1020. The van der Waals surface area contributed by atoms with E-state index in [0.717, 1.165) is 16.5 Å². The number of rotatable bonds is 4. The third kappa shape index (κ3) is 3.26. The second-order valence-electron chi connectivity index (χ2n) is 5.73. The van der Waals surface area contributed by atoms with Crippen LogP contribution in [-0.2, 0) is 11.8 Å². The summed E-state index contributed by atoms with van der Waals surface area (Å²) in [6.45, 7) is 1.19. The summed E-state index contributed by atoms with van der Waals surface area (Å²) in [5.74, 6) is -0.173. The van der Waals surface area contributed by atoms with E-state index < -0.39 is 12.6 Å². The van der Waals surface area contributed by atoms with Crippen LogP contribution < -0.4 is 10.9 Å². The van der Waals surface area contributed by atoms with Crippen molar-refractivity contribution >= 4 is 22.6 Å². The van der Waals surface area contributed by atoms with Crippen LogP contribution in [0.1, 0.15) is 13.4 Å². The summed E-state index contributed by atoms with van der Waals surface area (Å²) >= 11 is 0. The Morgan fingerprint density at radius 1 is 1.32 bits per heavy atom. The number of halogens is 1. The highest BCUT2D eigenvalue weighted by molar-refractivity contribution is 5.92. The number of pyridine rings is 3. The fourth-order valence-corrected chi connectivity index (χ4v) is 2.66. The van der Waals surface area contributed by atoms with Crippen molar-refractivity contribution in [2.75, 3.05) is 12.0 Å². The van der Waals surface area contributed by atoms with Crippen molar-refractivity contribution < 1.29 is 10.6 Å². The summed E-state index contributed by atoms with van der Waals surface area (Å²) in [6, 6.07) is 5.22. The maximum Gasteiger partial charge on any atom is 0.258 e. The summed E-state index contributed by atoms with van der Waals surface area (Å²) in [7, 11) is 1.66. The highest BCUT2D eigenvalue weighted by Crippen LogP contribution is 2.23. The van der Waals surface area contributed by atoms with Gasteiger partial charge in [-0.25, -0.2) is 4.98 Å². The first-order valence-electron chi connectivity index (χ1n) is 7.78. The highest BCUT2D eigenvalue weighted by Gasteiger charge is 2.12. The van der Waals surface area contributed by atoms with Gasteiger partial charge in [0.15, 0.2) is 0 Å². The molecule has 0 aliphatic rings. The molecule has 0 fully saturated rings. The summed E-state index contributed by atoms with van der Waals surface area (Å²) in [6.07, 6.45) is 4.70. The van der Waals surface area contributed by atoms with Crippen LogP contribution in [0.25, 0.3) is 22.0 Å². The smallest absolute Gasteiger partial charge is 0.258 e. The third-order valence-electron chi connectivity index (χ3n) is 4.03. The van der Waals surface area contributed by atoms with Crippen molar-refractivity contribution in [3.05, 3.63) is 52.7 Å². The minimum atomic E-state index is -0.730. The number of aromatic nitrogens is 3. The van der Waals surface area contributed by atoms with Gasteiger partial charge in [-0.3, -0.25) is 19.0 Å². The molecule has 1 amide bonds. The number of fused-ring (bicyclic) bond motifs is 1. The van der Waals surface area contributed by atoms with Gasteiger partial charge in [-0.1, -0.05) is 0 Å². The second kappa shape index (κ2) is 6.80. The topological polar surface area (TPSA) is 76.9 Å². The molecule has 3 aromatic heterocycles. The molecule has 0 spiro atoms. The van der Waals surface area contributed by atoms with Gasteiger partial charge in [0, 0.05) is 49.6 Å². The molecule has 6 nitrogen and oxygen atoms in total. The minimum Gasteiger partial charge on any atom is -0.311 e. The molecule has 1 N–H and O–H groups in total. The van der Waals surface area contributed by atoms with E-state index in [1.165, 1.54) is 4.57 Å². The number of hydrogen-bond donors (Lipinski definition) is 1. The van der Waals surface area contributed by atoms with E-state index in [4.69, 9.17) is 0 Å². The number of aryl methyl sites for hydroxylation is 2. The van der Waals surface area contributed by atoms with Crippen LogP contribution in [0.4, 0.5) is 10.2 Å². The van der Waals surface area contributed by atoms with Crippen molar-refractivity contribution in [3.8, 4) is 11.1 Å². The normalized spacial score (nSPS) is 10.8. The van der Waals surface area contributed by atoms with Crippen LogP contribution in [-0.4, -0.2) is 27.1 Å². The Hall–Kier alpha value is -3.09. The lowest BCUT2D eigenvalue weighted by atomic mass is 10.0. The molecular formula is C18H19FN4O2. The van der Waals surface area contributed by atoms with Crippen LogP contribution in [0.15, 0.2) is 41.6 Å². The first kappa shape index (κ1) is 16.8. The lowest BCUT2D eigenvalue weighted by molar-refractivity contribution is -0.116. The molecule has 0 saturated carbocycles. The summed E-state index contributed by atoms with van der Waals surface area (Å²) in [5.41, 5.74) is 2.72. The molecule has 3 rings (SSSR count). The molecule has 0 aromatic carbocycles. The first-order valence-corrected chi connectivity index (χ1v) is 7.78. The average molecular weight is 342 g/mol. The summed E-state index contributed by atoms with van der Waals surface area (Å²) < 4.78 is 13.7. The molecule has 0 saturated heterocycles. The molecular weight excluding hydrogens is 323 g/mol. The lowest BCUT2D eigenvalue weighted by Gasteiger charge is -2.11. The quantitative estimate of drug-likeness (QED) is 0.791. The van der Waals surface area contributed by atoms with Crippen LogP contribution in [0.5, 0.6) is 0 Å². The van der Waals surface area contributed by atoms with E-state index in [1.54, 1.807) is 37.8 Å². The van der Waals surface area contributed by atoms with E-state index in [9.17, 15) is 14.0 Å². The van der Waals surface area contributed by atoms with Crippen LogP contribution in [0.3, 0.4) is 0 Å². The van der Waals surface area contributed by atoms with Gasteiger partial charge < -0.3 is 9.88 Å². The van der Waals surface area contributed by atoms with E-state index >= 15 is 0 Å². The molecule has 3 aromatic rings. The SMILES string of the molecule is Cc1ccncc1-c1cc2cnc(NC(=O)CCF)cc2n(C)c1=O.[HH]. The van der Waals surface area contributed by atoms with Crippen molar-refractivity contribution in [2.45, 2.75) is 13.3 Å². The van der Waals surface area contributed by atoms with E-state index in [2.05, 4.69) is 15.3 Å². The first-order chi connectivity index (χ1) is 12.0. The molecule has 0 unspecified atom stereocenters. The average Bonchev–Trinajstić information content (AvgIpc) is 2.59. The second-order valence-corrected chi connectivity index (χ2v) is 5.73. The predicted molar refractivity (Wildman–Crippen MR) is 96.3 cm³/mol. The Morgan fingerprint density at radius 2 is 2.12 bits per heavy atom. The molecule has 130 valence electrons. The lowest BCUT2D eigenvalue weighted by Crippen LogP contribution is -2.20. The molecule has 25 heavy (non-hydrogen) atoms. The van der Waals surface area contributed by atoms with Gasteiger partial charge in [0.25, 0.3) is 5.56 Å². The number of nitrogens with zero attached hydrogens (tertiary/aromatic N) is 3. The Balaban J connectivity index is 0.00000243. The monoisotopic (exact) mass is 342 g/mol. The van der Waals surface area contributed by atoms with Gasteiger partial charge in [-0.05, 0) is 24.6 Å². The van der Waals surface area contributed by atoms with E-state index in [-0.39, 0.29) is 19.2 Å². The Kier molecular flexibility index (Phi) is 4.56. The van der Waals surface area contributed by atoms with E-state index in [1.807, 2.05) is 13.0 Å². The third-order valence-corrected chi connectivity index (χ3v) is 4.03. The number of carbonyl (C=O) groups is 1. The standard InChI is InChI=1S/C18H17FN4O2.H2/c1-11-4-6-20-10-14(11)13-7-12-9-21-16(22-17(24)3-5-19)8-15(12)23(2)18(13)25;/h4,6-10H,3,5H2,1-2H3,(H,21,22,24);1H. The van der Waals surface area contributed by atoms with Gasteiger partial charge in [-0.2, -0.15) is 0 Å². The molecule has 0 aliphatic heterocycles. The molecule has 3 heterocycles. The number of anilines is 1. The fraction of sp³-hybridized carbons (Fsp3) is 0.222. The van der Waals surface area contributed by atoms with Crippen molar-refractivity contribution in [1.82, 2.24) is 14.5 Å². The molecule has 0 bridgehead atoms. The predicted octanol–water partition coefficient (Wildman–Crippen LogP) is 2.85. The molecule has 7 heteroatoms. The Morgan fingerprint density at radius 3 is 2.84 bits per heavy atom. The minimum absolute atomic E-state index is 0. The fourth-order valence-electron chi connectivity index (χ4n) is 2.66. The highest BCUT2D eigenvalue weighted by atomic mass is 19.1. The van der Waals surface area contributed by atoms with Gasteiger partial charge >= 0.3 is 0 Å². The zero-order chi connectivity index (χ0) is 18.0. The van der Waals surface area contributed by atoms with Crippen LogP contribution in [0, 0.1) is 6.92 Å². The molecule has 0 atom stereocenters. The van der Waals surface area contributed by atoms with Crippen LogP contribution >= 0.6 is 0 Å². The summed E-state index contributed by atoms with van der Waals surface area (Å²) in [5, 5.41) is 3.28. The molecule has 0 aliphatic carbocycles. The van der Waals surface area contributed by atoms with Crippen molar-refractivity contribution in [1.29, 1.82) is 0 Å². The van der Waals surface area contributed by atoms with E-state index in [0.29, 0.717) is 11.1 Å². The van der Waals surface area contributed by atoms with Gasteiger partial charge in [0.1, 0.15) is 5.82 Å². The van der Waals surface area contributed by atoms with Crippen molar-refractivity contribution in [2.24, 2.45) is 7.05 Å². The van der Waals surface area contributed by atoms with Gasteiger partial charge in [0.2, 0.25) is 5.91 Å². The van der Waals surface area contributed by atoms with Crippen molar-refractivity contribution in [3.63, 3.8) is 0 Å². The molecule has 0 radical (unpaired) electrons. The zero-order valence-electron chi connectivity index (χ0n) is 13.9. The number of amides is 1. The number of carbonyl (C=O) groups excluding carboxylic acids is 1. The maximum absolute atomic E-state index is 12.7. The Labute approximate surface area is 144 Å². The summed E-state index contributed by atoms with van der Waals surface area (Å²) in [4.78, 5) is 32.5. The number of hydrogen-bond acceptors (Lipinski definition) is 4.